The van der Waals surface area contributed by atoms with Crippen molar-refractivity contribution in [3.63, 3.8) is 0 Å². The summed E-state index contributed by atoms with van der Waals surface area (Å²) in [5.41, 5.74) is -0.101. The van der Waals surface area contributed by atoms with Crippen LogP contribution in [0.25, 0.3) is 0 Å². The Kier molecular flexibility index (Phi) is 4.46. The molecule has 9 nitrogen and oxygen atoms in total. The molecule has 9 heteroatoms. The Morgan fingerprint density at radius 2 is 1.88 bits per heavy atom. The van der Waals surface area contributed by atoms with Gasteiger partial charge in [0.2, 0.25) is 0 Å². The molecule has 2 aromatic rings. The van der Waals surface area contributed by atoms with Gasteiger partial charge in [0.1, 0.15) is 17.6 Å². The first-order valence-electron chi connectivity index (χ1n) is 8.02. The minimum absolute atomic E-state index is 0.00479. The van der Waals surface area contributed by atoms with Gasteiger partial charge in [-0.1, -0.05) is 5.16 Å². The number of hydrogen-bond donors (Lipinski definition) is 0. The van der Waals surface area contributed by atoms with Crippen molar-refractivity contribution in [3.8, 4) is 6.07 Å². The van der Waals surface area contributed by atoms with Gasteiger partial charge in [0, 0.05) is 52.9 Å². The topological polar surface area (TPSA) is 100 Å². The van der Waals surface area contributed by atoms with Gasteiger partial charge in [0.05, 0.1) is 5.69 Å². The zero-order valence-corrected chi connectivity index (χ0v) is 14.5. The number of aryl methyl sites for hydroxylation is 1. The van der Waals surface area contributed by atoms with E-state index in [1.807, 2.05) is 24.0 Å². The highest BCUT2D eigenvalue weighted by Crippen LogP contribution is 2.18. The van der Waals surface area contributed by atoms with Crippen LogP contribution in [0, 0.1) is 18.3 Å². The zero-order chi connectivity index (χ0) is 18.1. The van der Waals surface area contributed by atoms with Crippen molar-refractivity contribution in [1.29, 1.82) is 5.26 Å². The molecule has 132 valence electrons. The first kappa shape index (κ1) is 17.0. The van der Waals surface area contributed by atoms with Gasteiger partial charge in [-0.25, -0.2) is 4.79 Å². The second kappa shape index (κ2) is 6.57. The predicted octanol–water partition coefficient (Wildman–Crippen LogP) is -0.426. The second-order valence-electron chi connectivity index (χ2n) is 6.21. The maximum atomic E-state index is 12.2. The highest BCUT2D eigenvalue weighted by Gasteiger charge is 2.25. The highest BCUT2D eigenvalue weighted by molar-refractivity contribution is 5.53. The van der Waals surface area contributed by atoms with Crippen molar-refractivity contribution in [1.82, 2.24) is 19.2 Å². The molecule has 0 atom stereocenters. The molecule has 0 bridgehead atoms. The number of nitrogens with zero attached hydrogens (tertiary/aromatic N) is 6. The fraction of sp³-hybridized carbons (Fsp3) is 0.500. The van der Waals surface area contributed by atoms with E-state index in [0.717, 1.165) is 29.1 Å². The monoisotopic (exact) mass is 344 g/mol. The van der Waals surface area contributed by atoms with E-state index in [1.54, 1.807) is 7.05 Å². The van der Waals surface area contributed by atoms with Crippen molar-refractivity contribution in [2.45, 2.75) is 13.5 Å². The smallest absolute Gasteiger partial charge is 0.332 e. The number of aromatic nitrogens is 3. The average molecular weight is 344 g/mol. The van der Waals surface area contributed by atoms with Crippen LogP contribution < -0.4 is 16.1 Å². The summed E-state index contributed by atoms with van der Waals surface area (Å²) in [6.45, 7) is 5.25. The Bertz CT molecular complexity index is 940. The molecule has 0 N–H and O–H groups in total. The fourth-order valence-corrected chi connectivity index (χ4v) is 3.14. The summed E-state index contributed by atoms with van der Waals surface area (Å²) < 4.78 is 7.42. The molecule has 0 radical (unpaired) electrons. The quantitative estimate of drug-likeness (QED) is 0.745. The standard InChI is InChI=1S/C16H20N6O3/c1-11-8-12(18-25-11)10-21-4-6-22(7-5-21)14-13(9-17)15(23)20(3)16(24)19(14)2/h8H,4-7,10H2,1-3H3. The van der Waals surface area contributed by atoms with Crippen LogP contribution in [0.3, 0.4) is 0 Å². The molecule has 3 rings (SSSR count). The van der Waals surface area contributed by atoms with Crippen LogP contribution in [0.4, 0.5) is 5.82 Å². The third-order valence-electron chi connectivity index (χ3n) is 4.48. The van der Waals surface area contributed by atoms with E-state index in [4.69, 9.17) is 4.52 Å². The van der Waals surface area contributed by atoms with Crippen molar-refractivity contribution in [3.05, 3.63) is 43.9 Å². The number of anilines is 1. The first-order valence-corrected chi connectivity index (χ1v) is 8.02. The SMILES string of the molecule is Cc1cc(CN2CCN(c3c(C#N)c(=O)n(C)c(=O)n3C)CC2)no1. The fourth-order valence-electron chi connectivity index (χ4n) is 3.14. The zero-order valence-electron chi connectivity index (χ0n) is 14.5. The molecule has 1 fully saturated rings. The molecule has 1 saturated heterocycles. The van der Waals surface area contributed by atoms with Crippen LogP contribution >= 0.6 is 0 Å². The first-order chi connectivity index (χ1) is 11.9. The summed E-state index contributed by atoms with van der Waals surface area (Å²) in [6, 6.07) is 3.86. The van der Waals surface area contributed by atoms with Crippen molar-refractivity contribution >= 4 is 5.82 Å². The van der Waals surface area contributed by atoms with Crippen LogP contribution in [0.5, 0.6) is 0 Å². The molecule has 0 amide bonds. The molecule has 25 heavy (non-hydrogen) atoms. The molecule has 0 saturated carbocycles. The van der Waals surface area contributed by atoms with Gasteiger partial charge >= 0.3 is 5.69 Å². The number of nitriles is 1. The minimum atomic E-state index is -0.555. The van der Waals surface area contributed by atoms with E-state index in [0.29, 0.717) is 25.5 Å². The Balaban J connectivity index is 1.81. The van der Waals surface area contributed by atoms with Gasteiger partial charge in [-0.05, 0) is 6.92 Å². The average Bonchev–Trinajstić information content (AvgIpc) is 3.02. The Morgan fingerprint density at radius 3 is 2.44 bits per heavy atom. The molecule has 3 heterocycles. The molecular formula is C16H20N6O3. The number of hydrogen-bond acceptors (Lipinski definition) is 7. The molecular weight excluding hydrogens is 324 g/mol. The van der Waals surface area contributed by atoms with E-state index in [2.05, 4.69) is 10.1 Å². The van der Waals surface area contributed by atoms with Crippen LogP contribution in [0.1, 0.15) is 17.0 Å². The maximum absolute atomic E-state index is 12.2. The lowest BCUT2D eigenvalue weighted by Crippen LogP contribution is -2.50. The number of piperazine rings is 1. The van der Waals surface area contributed by atoms with Crippen LogP contribution in [0.2, 0.25) is 0 Å². The van der Waals surface area contributed by atoms with E-state index >= 15 is 0 Å². The van der Waals surface area contributed by atoms with Crippen molar-refractivity contribution < 1.29 is 4.52 Å². The summed E-state index contributed by atoms with van der Waals surface area (Å²) in [5.74, 6) is 1.18. The van der Waals surface area contributed by atoms with Gasteiger partial charge in [-0.2, -0.15) is 5.26 Å². The summed E-state index contributed by atoms with van der Waals surface area (Å²) in [6.07, 6.45) is 0. The van der Waals surface area contributed by atoms with Gasteiger partial charge in [0.25, 0.3) is 5.56 Å². The number of rotatable bonds is 3. The summed E-state index contributed by atoms with van der Waals surface area (Å²) >= 11 is 0. The lowest BCUT2D eigenvalue weighted by molar-refractivity contribution is 0.240. The Morgan fingerprint density at radius 1 is 1.20 bits per heavy atom. The molecule has 2 aromatic heterocycles. The molecule has 0 spiro atoms. The summed E-state index contributed by atoms with van der Waals surface area (Å²) in [5, 5.41) is 13.4. The Labute approximate surface area is 144 Å². The lowest BCUT2D eigenvalue weighted by Gasteiger charge is -2.36. The van der Waals surface area contributed by atoms with Crippen LogP contribution in [0.15, 0.2) is 20.2 Å². The van der Waals surface area contributed by atoms with Crippen LogP contribution in [-0.4, -0.2) is 45.4 Å². The molecule has 1 aliphatic rings. The van der Waals surface area contributed by atoms with E-state index in [1.165, 1.54) is 11.6 Å². The van der Waals surface area contributed by atoms with E-state index in [9.17, 15) is 14.9 Å². The Hall–Kier alpha value is -2.86. The normalized spacial score (nSPS) is 15.4. The highest BCUT2D eigenvalue weighted by atomic mass is 16.5. The van der Waals surface area contributed by atoms with Crippen LogP contribution in [-0.2, 0) is 20.6 Å². The lowest BCUT2D eigenvalue weighted by atomic mass is 10.2. The predicted molar refractivity (Wildman–Crippen MR) is 90.4 cm³/mol. The largest absolute Gasteiger partial charge is 0.361 e. The van der Waals surface area contributed by atoms with Crippen molar-refractivity contribution in [2.24, 2.45) is 14.1 Å². The third-order valence-corrected chi connectivity index (χ3v) is 4.48. The minimum Gasteiger partial charge on any atom is -0.361 e. The molecule has 0 aromatic carbocycles. The van der Waals surface area contributed by atoms with Gasteiger partial charge < -0.3 is 9.42 Å². The third kappa shape index (κ3) is 3.08. The van der Waals surface area contributed by atoms with Gasteiger partial charge in [-0.15, -0.1) is 0 Å². The van der Waals surface area contributed by atoms with Gasteiger partial charge in [-0.3, -0.25) is 18.8 Å². The molecule has 0 aliphatic carbocycles. The van der Waals surface area contributed by atoms with E-state index < -0.39 is 11.2 Å². The van der Waals surface area contributed by atoms with Crippen molar-refractivity contribution in [2.75, 3.05) is 31.1 Å². The summed E-state index contributed by atoms with van der Waals surface area (Å²) in [7, 11) is 2.97. The molecule has 0 unspecified atom stereocenters. The summed E-state index contributed by atoms with van der Waals surface area (Å²) in [4.78, 5) is 28.5. The maximum Gasteiger partial charge on any atom is 0.332 e. The molecule has 1 aliphatic heterocycles. The van der Waals surface area contributed by atoms with E-state index in [-0.39, 0.29) is 5.56 Å². The second-order valence-corrected chi connectivity index (χ2v) is 6.21. The van der Waals surface area contributed by atoms with Gasteiger partial charge in [0.15, 0.2) is 5.56 Å².